The van der Waals surface area contributed by atoms with Crippen LogP contribution in [0.15, 0.2) is 15.5 Å². The largest absolute Gasteiger partial charge is 0.372 e. The minimum absolute atomic E-state index is 0.435. The van der Waals surface area contributed by atoms with Crippen molar-refractivity contribution in [1.82, 2.24) is 0 Å². The first kappa shape index (κ1) is 12.4. The Kier molecular flexibility index (Phi) is 7.15. The summed E-state index contributed by atoms with van der Waals surface area (Å²) >= 11 is 0. The summed E-state index contributed by atoms with van der Waals surface area (Å²) in [4.78, 5) is 15.0. The number of carbonyl (C=O) groups excluding carboxylic acids is 1. The molecule has 0 saturated heterocycles. The van der Waals surface area contributed by atoms with E-state index in [-0.39, 0.29) is 0 Å². The van der Waals surface area contributed by atoms with Gasteiger partial charge in [0.1, 0.15) is 0 Å². The Morgan fingerprint density at radius 2 is 2.21 bits per heavy atom. The number of unbranched alkanes of at least 4 members (excludes halogenated alkanes) is 1. The zero-order valence-electron chi connectivity index (χ0n) is 7.72. The van der Waals surface area contributed by atoms with Crippen LogP contribution in [-0.2, 0) is 9.63 Å². The average Bonchev–Trinajstić information content (AvgIpc) is 2.21. The smallest absolute Gasteiger partial charge is 0.351 e. The molecule has 0 fully saturated rings. The maximum Gasteiger partial charge on any atom is 0.351 e. The standard InChI is InChI=1S/C6H14N6O2/c7-10-4-2-1-3-5(11-12-8)6(13)14-9/h5,7H,1-4,9H2,(H2,8,11)/t5-/m0/s1. The van der Waals surface area contributed by atoms with Gasteiger partial charge in [0.15, 0.2) is 6.04 Å². The molecule has 0 aromatic carbocycles. The fourth-order valence-corrected chi connectivity index (χ4v) is 0.910. The van der Waals surface area contributed by atoms with E-state index in [1.807, 2.05) is 0 Å². The van der Waals surface area contributed by atoms with Gasteiger partial charge < -0.3 is 10.7 Å². The first-order chi connectivity index (χ1) is 6.76. The Labute approximate surface area is 81.1 Å². The van der Waals surface area contributed by atoms with Crippen molar-refractivity contribution in [3.8, 4) is 0 Å². The van der Waals surface area contributed by atoms with Gasteiger partial charge in [-0.05, 0) is 19.3 Å². The minimum atomic E-state index is -0.754. The summed E-state index contributed by atoms with van der Waals surface area (Å²) in [5.41, 5.74) is 6.54. The lowest BCUT2D eigenvalue weighted by Crippen LogP contribution is -2.24. The third-order valence-electron chi connectivity index (χ3n) is 1.59. The molecular formula is C6H14N6O2. The SMILES string of the molecule is N=NCCCC[C@H](N=NN)C(=O)ON. The highest BCUT2D eigenvalue weighted by Gasteiger charge is 2.18. The summed E-state index contributed by atoms with van der Waals surface area (Å²) in [7, 11) is 0. The van der Waals surface area contributed by atoms with Crippen LogP contribution in [-0.4, -0.2) is 18.6 Å². The van der Waals surface area contributed by atoms with Crippen molar-refractivity contribution in [2.24, 2.45) is 27.2 Å². The lowest BCUT2D eigenvalue weighted by molar-refractivity contribution is -0.146. The Balaban J connectivity index is 3.85. The molecule has 0 saturated carbocycles. The van der Waals surface area contributed by atoms with Gasteiger partial charge in [0.05, 0.1) is 6.54 Å². The highest BCUT2D eigenvalue weighted by Crippen LogP contribution is 2.06. The van der Waals surface area contributed by atoms with Gasteiger partial charge in [-0.25, -0.2) is 10.3 Å². The number of nitrogens with one attached hydrogen (secondary N) is 1. The number of nitrogens with two attached hydrogens (primary N) is 2. The molecule has 8 heteroatoms. The Morgan fingerprint density at radius 1 is 1.50 bits per heavy atom. The van der Waals surface area contributed by atoms with Crippen molar-refractivity contribution in [3.05, 3.63) is 0 Å². The second-order valence-electron chi connectivity index (χ2n) is 2.56. The van der Waals surface area contributed by atoms with Crippen LogP contribution in [0.25, 0.3) is 0 Å². The van der Waals surface area contributed by atoms with Crippen LogP contribution in [0, 0.1) is 5.53 Å². The predicted molar refractivity (Wildman–Crippen MR) is 47.0 cm³/mol. The highest BCUT2D eigenvalue weighted by molar-refractivity contribution is 5.75. The Hall–Kier alpha value is -1.57. The normalized spacial score (nSPS) is 12.6. The van der Waals surface area contributed by atoms with Crippen molar-refractivity contribution in [2.45, 2.75) is 25.3 Å². The molecule has 14 heavy (non-hydrogen) atoms. The molecule has 0 spiro atoms. The van der Waals surface area contributed by atoms with Gasteiger partial charge in [0.2, 0.25) is 0 Å². The molecule has 1 atom stereocenters. The van der Waals surface area contributed by atoms with E-state index in [9.17, 15) is 4.79 Å². The van der Waals surface area contributed by atoms with Crippen LogP contribution in [0.4, 0.5) is 0 Å². The van der Waals surface area contributed by atoms with E-state index < -0.39 is 12.0 Å². The van der Waals surface area contributed by atoms with Crippen molar-refractivity contribution in [1.29, 1.82) is 5.53 Å². The van der Waals surface area contributed by atoms with Gasteiger partial charge in [-0.2, -0.15) is 16.1 Å². The quantitative estimate of drug-likeness (QED) is 0.236. The molecule has 5 N–H and O–H groups in total. The maximum atomic E-state index is 10.9. The van der Waals surface area contributed by atoms with E-state index in [0.717, 1.165) is 0 Å². The first-order valence-corrected chi connectivity index (χ1v) is 4.10. The molecule has 80 valence electrons. The fourth-order valence-electron chi connectivity index (χ4n) is 0.910. The van der Waals surface area contributed by atoms with Crippen molar-refractivity contribution in [3.63, 3.8) is 0 Å². The zero-order valence-corrected chi connectivity index (χ0v) is 7.72. The van der Waals surface area contributed by atoms with E-state index in [1.54, 1.807) is 0 Å². The second kappa shape index (κ2) is 8.05. The van der Waals surface area contributed by atoms with E-state index >= 15 is 0 Å². The summed E-state index contributed by atoms with van der Waals surface area (Å²) in [6, 6.07) is -0.754. The Morgan fingerprint density at radius 3 is 2.71 bits per heavy atom. The molecular weight excluding hydrogens is 188 g/mol. The highest BCUT2D eigenvalue weighted by atomic mass is 16.7. The number of carbonyl (C=O) groups is 1. The number of rotatable bonds is 7. The van der Waals surface area contributed by atoms with Gasteiger partial charge in [0, 0.05) is 0 Å². The summed E-state index contributed by atoms with van der Waals surface area (Å²) in [6.45, 7) is 0.435. The van der Waals surface area contributed by atoms with Crippen molar-refractivity contribution in [2.75, 3.05) is 6.54 Å². The molecule has 0 bridgehead atoms. The zero-order chi connectivity index (χ0) is 10.8. The van der Waals surface area contributed by atoms with Crippen LogP contribution in [0.2, 0.25) is 0 Å². The monoisotopic (exact) mass is 202 g/mol. The average molecular weight is 202 g/mol. The van der Waals surface area contributed by atoms with E-state index in [4.69, 9.17) is 17.3 Å². The topological polar surface area (TPSA) is 139 Å². The molecule has 0 rings (SSSR count). The van der Waals surface area contributed by atoms with Crippen LogP contribution in [0.1, 0.15) is 19.3 Å². The molecule has 0 heterocycles. The third kappa shape index (κ3) is 5.14. The molecule has 0 aliphatic carbocycles. The van der Waals surface area contributed by atoms with Crippen LogP contribution < -0.4 is 11.7 Å². The van der Waals surface area contributed by atoms with Crippen molar-refractivity contribution >= 4 is 5.97 Å². The molecule has 8 nitrogen and oxygen atoms in total. The minimum Gasteiger partial charge on any atom is -0.372 e. The summed E-state index contributed by atoms with van der Waals surface area (Å²) in [6.07, 6.45) is 1.82. The molecule has 0 amide bonds. The van der Waals surface area contributed by atoms with Gasteiger partial charge in [-0.15, -0.1) is 0 Å². The lowest BCUT2D eigenvalue weighted by atomic mass is 10.1. The maximum absolute atomic E-state index is 10.9. The molecule has 0 radical (unpaired) electrons. The lowest BCUT2D eigenvalue weighted by Gasteiger charge is -2.06. The summed E-state index contributed by atoms with van der Waals surface area (Å²) < 4.78 is 0. The second-order valence-corrected chi connectivity index (χ2v) is 2.56. The fraction of sp³-hybridized carbons (Fsp3) is 0.833. The van der Waals surface area contributed by atoms with E-state index in [2.05, 4.69) is 20.3 Å². The molecule has 0 aromatic heterocycles. The van der Waals surface area contributed by atoms with Crippen LogP contribution in [0.5, 0.6) is 0 Å². The van der Waals surface area contributed by atoms with E-state index in [1.165, 1.54) is 0 Å². The molecule has 0 aliphatic rings. The first-order valence-electron chi connectivity index (χ1n) is 4.10. The van der Waals surface area contributed by atoms with Crippen LogP contribution >= 0.6 is 0 Å². The molecule has 0 aromatic rings. The Bertz CT molecular complexity index is 206. The number of hydrogen-bond acceptors (Lipinski definition) is 7. The molecule has 0 aliphatic heterocycles. The van der Waals surface area contributed by atoms with Crippen LogP contribution in [0.3, 0.4) is 0 Å². The predicted octanol–water partition coefficient (Wildman–Crippen LogP) is 0.299. The van der Waals surface area contributed by atoms with Gasteiger partial charge in [0.25, 0.3) is 0 Å². The van der Waals surface area contributed by atoms with Crippen molar-refractivity contribution < 1.29 is 9.63 Å². The molecule has 0 unspecified atom stereocenters. The van der Waals surface area contributed by atoms with Gasteiger partial charge in [-0.1, -0.05) is 5.22 Å². The third-order valence-corrected chi connectivity index (χ3v) is 1.59. The van der Waals surface area contributed by atoms with Gasteiger partial charge in [-0.3, -0.25) is 0 Å². The number of hydrogen-bond donors (Lipinski definition) is 3. The van der Waals surface area contributed by atoms with Gasteiger partial charge >= 0.3 is 5.97 Å². The van der Waals surface area contributed by atoms with E-state index in [0.29, 0.717) is 25.8 Å². The summed E-state index contributed by atoms with van der Waals surface area (Å²) in [5.74, 6) is 8.84. The number of nitrogens with zero attached hydrogens (tertiary/aromatic N) is 3. The summed E-state index contributed by atoms with van der Waals surface area (Å²) in [5, 5.41) is 9.65.